The fraction of sp³-hybridized carbons (Fsp3) is 0.800. The Bertz CT molecular complexity index is 189. The smallest absolute Gasteiger partial charge is 0.163 e. The summed E-state index contributed by atoms with van der Waals surface area (Å²) in [5.41, 5.74) is 0. The summed E-state index contributed by atoms with van der Waals surface area (Å²) in [7, 11) is 1.60. The molecule has 0 N–H and O–H groups in total. The number of hydrogen-bond acceptors (Lipinski definition) is 4. The minimum atomic E-state index is -0.456. The molecular formula is C10H18O4. The molecule has 14 heavy (non-hydrogen) atoms. The Balaban J connectivity index is 2.13. The molecule has 1 rings (SSSR count). The molecule has 0 bridgehead atoms. The van der Waals surface area contributed by atoms with E-state index in [0.717, 1.165) is 0 Å². The second-order valence-electron chi connectivity index (χ2n) is 3.57. The van der Waals surface area contributed by atoms with Crippen molar-refractivity contribution in [1.82, 2.24) is 0 Å². The fourth-order valence-electron chi connectivity index (χ4n) is 1.22. The van der Waals surface area contributed by atoms with Crippen LogP contribution < -0.4 is 0 Å². The van der Waals surface area contributed by atoms with Crippen molar-refractivity contribution < 1.29 is 18.9 Å². The zero-order chi connectivity index (χ0) is 10.4. The van der Waals surface area contributed by atoms with E-state index in [-0.39, 0.29) is 6.10 Å². The summed E-state index contributed by atoms with van der Waals surface area (Å²) in [5, 5.41) is 0. The molecule has 1 atom stereocenters. The molecule has 82 valence electrons. The molecule has 0 spiro atoms. The van der Waals surface area contributed by atoms with E-state index < -0.39 is 5.79 Å². The van der Waals surface area contributed by atoms with Gasteiger partial charge in [0.1, 0.15) is 12.9 Å². The first-order valence-electron chi connectivity index (χ1n) is 4.69. The lowest BCUT2D eigenvalue weighted by atomic mass is 10.3. The van der Waals surface area contributed by atoms with Crippen LogP contribution in [0.3, 0.4) is 0 Å². The number of hydrogen-bond donors (Lipinski definition) is 0. The number of ether oxygens (including phenoxy) is 4. The van der Waals surface area contributed by atoms with Gasteiger partial charge in [0.25, 0.3) is 0 Å². The van der Waals surface area contributed by atoms with Gasteiger partial charge in [0, 0.05) is 7.11 Å². The molecule has 0 aromatic rings. The number of rotatable bonds is 5. The zero-order valence-electron chi connectivity index (χ0n) is 8.99. The molecule has 1 fully saturated rings. The molecule has 0 saturated carbocycles. The van der Waals surface area contributed by atoms with Crippen LogP contribution in [-0.2, 0) is 18.9 Å². The van der Waals surface area contributed by atoms with E-state index in [9.17, 15) is 0 Å². The maximum atomic E-state index is 5.56. The van der Waals surface area contributed by atoms with E-state index in [1.807, 2.05) is 26.0 Å². The summed E-state index contributed by atoms with van der Waals surface area (Å²) in [4.78, 5) is 0. The summed E-state index contributed by atoms with van der Waals surface area (Å²) < 4.78 is 20.8. The van der Waals surface area contributed by atoms with Crippen LogP contribution in [0.15, 0.2) is 12.2 Å². The molecule has 1 aliphatic heterocycles. The highest BCUT2D eigenvalue weighted by Crippen LogP contribution is 2.22. The van der Waals surface area contributed by atoms with Gasteiger partial charge < -0.3 is 18.9 Å². The highest BCUT2D eigenvalue weighted by atomic mass is 16.7. The monoisotopic (exact) mass is 202 g/mol. The van der Waals surface area contributed by atoms with E-state index in [4.69, 9.17) is 18.9 Å². The molecule has 1 heterocycles. The minimum Gasteiger partial charge on any atom is -0.359 e. The summed E-state index contributed by atoms with van der Waals surface area (Å²) in [6.45, 7) is 5.27. The first kappa shape index (κ1) is 11.7. The second-order valence-corrected chi connectivity index (χ2v) is 3.57. The topological polar surface area (TPSA) is 36.9 Å². The summed E-state index contributed by atoms with van der Waals surface area (Å²) in [5.74, 6) is -0.456. The average molecular weight is 202 g/mol. The van der Waals surface area contributed by atoms with Crippen LogP contribution in [-0.4, -0.2) is 39.0 Å². The van der Waals surface area contributed by atoms with Crippen LogP contribution in [0.1, 0.15) is 13.8 Å². The summed E-state index contributed by atoms with van der Waals surface area (Å²) in [6.07, 6.45) is 3.90. The minimum absolute atomic E-state index is 0.0381. The molecule has 1 aliphatic rings. The van der Waals surface area contributed by atoms with Gasteiger partial charge in [-0.15, -0.1) is 0 Å². The Morgan fingerprint density at radius 1 is 1.50 bits per heavy atom. The number of methoxy groups -OCH3 is 1. The van der Waals surface area contributed by atoms with Gasteiger partial charge >= 0.3 is 0 Å². The Kier molecular flexibility index (Phi) is 4.54. The normalized spacial score (nSPS) is 26.1. The average Bonchev–Trinajstić information content (AvgIpc) is 2.45. The highest BCUT2D eigenvalue weighted by molar-refractivity contribution is 4.92. The van der Waals surface area contributed by atoms with E-state index in [1.54, 1.807) is 7.11 Å². The van der Waals surface area contributed by atoms with Gasteiger partial charge in [-0.1, -0.05) is 12.2 Å². The third-order valence-corrected chi connectivity index (χ3v) is 1.80. The molecule has 0 aromatic heterocycles. The second kappa shape index (κ2) is 5.46. The van der Waals surface area contributed by atoms with Gasteiger partial charge in [-0.25, -0.2) is 0 Å². The van der Waals surface area contributed by atoms with Crippen LogP contribution in [0, 0.1) is 0 Å². The van der Waals surface area contributed by atoms with Crippen LogP contribution in [0.5, 0.6) is 0 Å². The molecule has 0 radical (unpaired) electrons. The SMILES string of the molecule is COCOC/C=C/[C@H]1COC(C)(C)O1. The zero-order valence-corrected chi connectivity index (χ0v) is 8.99. The summed E-state index contributed by atoms with van der Waals surface area (Å²) in [6, 6.07) is 0. The van der Waals surface area contributed by atoms with Crippen LogP contribution in [0.2, 0.25) is 0 Å². The molecule has 0 unspecified atom stereocenters. The molecular weight excluding hydrogens is 184 g/mol. The maximum absolute atomic E-state index is 5.56. The standard InChI is InChI=1S/C10H18O4/c1-10(2)13-7-9(14-10)5-4-6-12-8-11-3/h4-5,9H,6-8H2,1-3H3/b5-4+/t9-/m0/s1. The van der Waals surface area contributed by atoms with Crippen molar-refractivity contribution in [2.24, 2.45) is 0 Å². The van der Waals surface area contributed by atoms with Gasteiger partial charge in [0.05, 0.1) is 13.2 Å². The van der Waals surface area contributed by atoms with E-state index in [1.165, 1.54) is 0 Å². The predicted octanol–water partition coefficient (Wildman–Crippen LogP) is 1.31. The Hall–Kier alpha value is -0.420. The highest BCUT2D eigenvalue weighted by Gasteiger charge is 2.30. The molecule has 0 amide bonds. The first-order valence-corrected chi connectivity index (χ1v) is 4.69. The Morgan fingerprint density at radius 3 is 2.86 bits per heavy atom. The predicted molar refractivity (Wildman–Crippen MR) is 51.9 cm³/mol. The van der Waals surface area contributed by atoms with Crippen molar-refractivity contribution in [1.29, 1.82) is 0 Å². The molecule has 1 saturated heterocycles. The molecule has 4 heteroatoms. The quantitative estimate of drug-likeness (QED) is 0.383. The first-order chi connectivity index (χ1) is 6.64. The van der Waals surface area contributed by atoms with Gasteiger partial charge in [-0.3, -0.25) is 0 Å². The largest absolute Gasteiger partial charge is 0.359 e. The lowest BCUT2D eigenvalue weighted by molar-refractivity contribution is -0.133. The van der Waals surface area contributed by atoms with Crippen molar-refractivity contribution in [2.75, 3.05) is 27.1 Å². The van der Waals surface area contributed by atoms with E-state index >= 15 is 0 Å². The Morgan fingerprint density at radius 2 is 2.29 bits per heavy atom. The van der Waals surface area contributed by atoms with Gasteiger partial charge in [-0.2, -0.15) is 0 Å². The van der Waals surface area contributed by atoms with Gasteiger partial charge in [-0.05, 0) is 13.8 Å². The van der Waals surface area contributed by atoms with Crippen LogP contribution in [0.25, 0.3) is 0 Å². The van der Waals surface area contributed by atoms with Crippen molar-refractivity contribution in [3.05, 3.63) is 12.2 Å². The molecule has 0 aromatic carbocycles. The van der Waals surface area contributed by atoms with Crippen molar-refractivity contribution in [3.63, 3.8) is 0 Å². The van der Waals surface area contributed by atoms with E-state index in [2.05, 4.69) is 0 Å². The summed E-state index contributed by atoms with van der Waals surface area (Å²) >= 11 is 0. The lowest BCUT2D eigenvalue weighted by Crippen LogP contribution is -2.20. The lowest BCUT2D eigenvalue weighted by Gasteiger charge is -2.15. The van der Waals surface area contributed by atoms with Crippen LogP contribution in [0.4, 0.5) is 0 Å². The third-order valence-electron chi connectivity index (χ3n) is 1.80. The van der Waals surface area contributed by atoms with Gasteiger partial charge in [0.15, 0.2) is 5.79 Å². The molecule has 4 nitrogen and oxygen atoms in total. The van der Waals surface area contributed by atoms with Crippen molar-refractivity contribution in [3.8, 4) is 0 Å². The van der Waals surface area contributed by atoms with Crippen LogP contribution >= 0.6 is 0 Å². The maximum Gasteiger partial charge on any atom is 0.163 e. The fourth-order valence-corrected chi connectivity index (χ4v) is 1.22. The van der Waals surface area contributed by atoms with E-state index in [0.29, 0.717) is 20.0 Å². The Labute approximate surface area is 84.8 Å². The third kappa shape index (κ3) is 4.19. The van der Waals surface area contributed by atoms with Gasteiger partial charge in [0.2, 0.25) is 0 Å². The molecule has 0 aliphatic carbocycles. The van der Waals surface area contributed by atoms with Crippen molar-refractivity contribution >= 4 is 0 Å². The van der Waals surface area contributed by atoms with Crippen molar-refractivity contribution in [2.45, 2.75) is 25.7 Å².